The van der Waals surface area contributed by atoms with Gasteiger partial charge < -0.3 is 10.8 Å². The molecule has 0 saturated heterocycles. The average molecular weight is 160 g/mol. The summed E-state index contributed by atoms with van der Waals surface area (Å²) < 4.78 is 0. The first-order chi connectivity index (χ1) is 5.17. The van der Waals surface area contributed by atoms with E-state index in [0.29, 0.717) is 0 Å². The summed E-state index contributed by atoms with van der Waals surface area (Å²) >= 11 is 0. The van der Waals surface area contributed by atoms with Gasteiger partial charge in [0.25, 0.3) is 0 Å². The molecule has 0 aromatic heterocycles. The maximum absolute atomic E-state index is 8.79. The van der Waals surface area contributed by atoms with Crippen LogP contribution in [0.1, 0.15) is 20.8 Å². The lowest BCUT2D eigenvalue weighted by atomic mass is 10.1. The molecule has 0 bridgehead atoms. The Morgan fingerprint density at radius 1 is 1.36 bits per heavy atom. The number of aliphatic hydroxyl groups excluding tert-OH is 1. The highest BCUT2D eigenvalue weighted by Gasteiger charge is 2.16. The second-order valence-electron chi connectivity index (χ2n) is 2.81. The molecule has 0 heterocycles. The van der Waals surface area contributed by atoms with Crippen molar-refractivity contribution in [2.45, 2.75) is 32.9 Å². The zero-order valence-electron chi connectivity index (χ0n) is 7.75. The van der Waals surface area contributed by atoms with Crippen molar-refractivity contribution < 1.29 is 5.11 Å². The maximum atomic E-state index is 8.79. The largest absolute Gasteiger partial charge is 0.395 e. The van der Waals surface area contributed by atoms with Gasteiger partial charge in [-0.25, -0.2) is 0 Å². The molecule has 0 aliphatic rings. The Morgan fingerprint density at radius 3 is 2.09 bits per heavy atom. The summed E-state index contributed by atoms with van der Waals surface area (Å²) in [6.45, 7) is 8.30. The highest BCUT2D eigenvalue weighted by Crippen LogP contribution is 2.00. The number of likely N-dealkylation sites (N-methyl/N-ethyl adjacent to an activating group) is 1. The number of aliphatic hydroxyl groups is 1. The van der Waals surface area contributed by atoms with Crippen LogP contribution in [-0.4, -0.2) is 41.8 Å². The molecule has 0 amide bonds. The van der Waals surface area contributed by atoms with Crippen LogP contribution in [0.5, 0.6) is 0 Å². The van der Waals surface area contributed by atoms with Gasteiger partial charge in [-0.1, -0.05) is 13.8 Å². The molecule has 68 valence electrons. The van der Waals surface area contributed by atoms with Crippen LogP contribution in [0, 0.1) is 0 Å². The quantitative estimate of drug-likeness (QED) is 0.597. The minimum Gasteiger partial charge on any atom is -0.395 e. The Kier molecular flexibility index (Phi) is 5.46. The monoisotopic (exact) mass is 160 g/mol. The van der Waals surface area contributed by atoms with Crippen molar-refractivity contribution in [1.82, 2.24) is 4.90 Å². The molecule has 0 aromatic rings. The van der Waals surface area contributed by atoms with E-state index in [2.05, 4.69) is 18.7 Å². The second-order valence-corrected chi connectivity index (χ2v) is 2.81. The first-order valence-corrected chi connectivity index (χ1v) is 4.27. The van der Waals surface area contributed by atoms with Gasteiger partial charge >= 0.3 is 0 Å². The van der Waals surface area contributed by atoms with Crippen LogP contribution < -0.4 is 5.73 Å². The third kappa shape index (κ3) is 3.18. The molecule has 11 heavy (non-hydrogen) atoms. The smallest absolute Gasteiger partial charge is 0.0597 e. The van der Waals surface area contributed by atoms with Crippen LogP contribution in [0.25, 0.3) is 0 Å². The first-order valence-electron chi connectivity index (χ1n) is 4.27. The van der Waals surface area contributed by atoms with Crippen LogP contribution in [-0.2, 0) is 0 Å². The molecule has 3 N–H and O–H groups in total. The van der Waals surface area contributed by atoms with Gasteiger partial charge in [0, 0.05) is 12.1 Å². The van der Waals surface area contributed by atoms with E-state index in [1.54, 1.807) is 0 Å². The van der Waals surface area contributed by atoms with Gasteiger partial charge in [0.05, 0.1) is 6.61 Å². The van der Waals surface area contributed by atoms with Gasteiger partial charge in [-0.3, -0.25) is 4.90 Å². The average Bonchev–Trinajstić information content (AvgIpc) is 2.05. The number of nitrogens with zero attached hydrogens (tertiary/aromatic N) is 1. The zero-order chi connectivity index (χ0) is 8.85. The van der Waals surface area contributed by atoms with Crippen molar-refractivity contribution >= 4 is 0 Å². The van der Waals surface area contributed by atoms with Crippen molar-refractivity contribution in [2.75, 3.05) is 19.7 Å². The molecule has 0 spiro atoms. The van der Waals surface area contributed by atoms with E-state index in [-0.39, 0.29) is 18.7 Å². The van der Waals surface area contributed by atoms with Crippen molar-refractivity contribution in [3.63, 3.8) is 0 Å². The van der Waals surface area contributed by atoms with Crippen molar-refractivity contribution in [3.8, 4) is 0 Å². The van der Waals surface area contributed by atoms with Crippen LogP contribution >= 0.6 is 0 Å². The Morgan fingerprint density at radius 2 is 1.82 bits per heavy atom. The maximum Gasteiger partial charge on any atom is 0.0597 e. The Bertz CT molecular complexity index is 94.1. The molecule has 2 atom stereocenters. The topological polar surface area (TPSA) is 49.5 Å². The molecule has 3 heteroatoms. The lowest BCUT2D eigenvalue weighted by Crippen LogP contribution is -2.47. The van der Waals surface area contributed by atoms with E-state index >= 15 is 0 Å². The van der Waals surface area contributed by atoms with Gasteiger partial charge in [-0.15, -0.1) is 0 Å². The summed E-state index contributed by atoms with van der Waals surface area (Å²) in [5, 5.41) is 8.79. The molecule has 0 aliphatic heterocycles. The highest BCUT2D eigenvalue weighted by atomic mass is 16.3. The zero-order valence-corrected chi connectivity index (χ0v) is 7.75. The molecule has 0 saturated carbocycles. The van der Waals surface area contributed by atoms with Gasteiger partial charge in [0.1, 0.15) is 0 Å². The van der Waals surface area contributed by atoms with E-state index in [9.17, 15) is 0 Å². The Labute approximate surface area is 69.2 Å². The molecular weight excluding hydrogens is 140 g/mol. The summed E-state index contributed by atoms with van der Waals surface area (Å²) in [6.07, 6.45) is 0. The predicted molar refractivity (Wildman–Crippen MR) is 47.4 cm³/mol. The Balaban J connectivity index is 3.86. The summed E-state index contributed by atoms with van der Waals surface area (Å²) in [4.78, 5) is 2.24. The van der Waals surface area contributed by atoms with Crippen LogP contribution in [0.4, 0.5) is 0 Å². The summed E-state index contributed by atoms with van der Waals surface area (Å²) in [7, 11) is 0. The fourth-order valence-electron chi connectivity index (χ4n) is 1.22. The minimum absolute atomic E-state index is 0.0671. The third-order valence-electron chi connectivity index (χ3n) is 2.22. The van der Waals surface area contributed by atoms with Gasteiger partial charge in [0.2, 0.25) is 0 Å². The molecular formula is C8H20N2O. The standard InChI is InChI=1S/C8H20N2O/c1-4-10(5-2)7(3)8(9)6-11/h7-8,11H,4-6,9H2,1-3H3. The van der Waals surface area contributed by atoms with Gasteiger partial charge in [-0.05, 0) is 20.0 Å². The summed E-state index contributed by atoms with van der Waals surface area (Å²) in [5.74, 6) is 0. The third-order valence-corrected chi connectivity index (χ3v) is 2.22. The van der Waals surface area contributed by atoms with Gasteiger partial charge in [0.15, 0.2) is 0 Å². The molecule has 0 rings (SSSR count). The number of hydrogen-bond donors (Lipinski definition) is 2. The molecule has 0 radical (unpaired) electrons. The fourth-order valence-corrected chi connectivity index (χ4v) is 1.22. The van der Waals surface area contributed by atoms with Crippen molar-refractivity contribution in [1.29, 1.82) is 0 Å². The normalized spacial score (nSPS) is 16.9. The first kappa shape index (κ1) is 10.9. The lowest BCUT2D eigenvalue weighted by Gasteiger charge is -2.29. The Hall–Kier alpha value is -0.120. The van der Waals surface area contributed by atoms with Crippen LogP contribution in [0.15, 0.2) is 0 Å². The molecule has 0 fully saturated rings. The second kappa shape index (κ2) is 5.52. The fraction of sp³-hybridized carbons (Fsp3) is 1.00. The van der Waals surface area contributed by atoms with Crippen LogP contribution in [0.2, 0.25) is 0 Å². The summed E-state index contributed by atoms with van der Waals surface area (Å²) in [5.41, 5.74) is 5.68. The molecule has 0 aromatic carbocycles. The summed E-state index contributed by atoms with van der Waals surface area (Å²) in [6, 6.07) is 0.157. The van der Waals surface area contributed by atoms with Crippen molar-refractivity contribution in [2.24, 2.45) is 5.73 Å². The van der Waals surface area contributed by atoms with E-state index in [1.165, 1.54) is 0 Å². The van der Waals surface area contributed by atoms with Crippen LogP contribution in [0.3, 0.4) is 0 Å². The highest BCUT2D eigenvalue weighted by molar-refractivity contribution is 4.76. The molecule has 0 aliphatic carbocycles. The molecule has 2 unspecified atom stereocenters. The van der Waals surface area contributed by atoms with E-state index in [0.717, 1.165) is 13.1 Å². The number of hydrogen-bond acceptors (Lipinski definition) is 3. The molecule has 3 nitrogen and oxygen atoms in total. The number of rotatable bonds is 5. The van der Waals surface area contributed by atoms with E-state index in [4.69, 9.17) is 10.8 Å². The van der Waals surface area contributed by atoms with E-state index in [1.807, 2.05) is 6.92 Å². The minimum atomic E-state index is -0.116. The lowest BCUT2D eigenvalue weighted by molar-refractivity contribution is 0.156. The van der Waals surface area contributed by atoms with E-state index < -0.39 is 0 Å². The predicted octanol–water partition coefficient (Wildman–Crippen LogP) is 0.0363. The SMILES string of the molecule is CCN(CC)C(C)C(N)CO. The van der Waals surface area contributed by atoms with Crippen molar-refractivity contribution in [3.05, 3.63) is 0 Å². The van der Waals surface area contributed by atoms with Gasteiger partial charge in [-0.2, -0.15) is 0 Å². The number of nitrogens with two attached hydrogens (primary N) is 1.